The molecule has 0 radical (unpaired) electrons. The molecule has 2 amide bonds. The Kier molecular flexibility index (Phi) is 2.92. The summed E-state index contributed by atoms with van der Waals surface area (Å²) in [6.07, 6.45) is 1.28. The minimum absolute atomic E-state index is 0.0112. The van der Waals surface area contributed by atoms with Crippen molar-refractivity contribution >= 4 is 23.4 Å². The van der Waals surface area contributed by atoms with E-state index in [4.69, 9.17) is 11.6 Å². The van der Waals surface area contributed by atoms with Gasteiger partial charge in [-0.1, -0.05) is 0 Å². The van der Waals surface area contributed by atoms with Crippen LogP contribution in [-0.4, -0.2) is 11.8 Å². The molecule has 0 unspecified atom stereocenters. The summed E-state index contributed by atoms with van der Waals surface area (Å²) in [7, 11) is 0. The number of carbonyl (C=O) groups is 2. The van der Waals surface area contributed by atoms with E-state index in [-0.39, 0.29) is 16.7 Å². The summed E-state index contributed by atoms with van der Waals surface area (Å²) in [6, 6.07) is 1.40. The summed E-state index contributed by atoms with van der Waals surface area (Å²) in [5, 5.41) is -0.0112. The third kappa shape index (κ3) is 2.48. The second kappa shape index (κ2) is 3.95. The van der Waals surface area contributed by atoms with Gasteiger partial charge in [-0.05, 0) is 17.7 Å². The van der Waals surface area contributed by atoms with Gasteiger partial charge in [-0.15, -0.1) is 0 Å². The zero-order chi connectivity index (χ0) is 9.84. The molecule has 0 saturated heterocycles. The van der Waals surface area contributed by atoms with Gasteiger partial charge in [0.2, 0.25) is 11.1 Å². The lowest BCUT2D eigenvalue weighted by Crippen LogP contribution is -2.40. The lowest BCUT2D eigenvalue weighted by atomic mass is 10.3. The first kappa shape index (κ1) is 9.60. The van der Waals surface area contributed by atoms with Crippen LogP contribution in [0.25, 0.3) is 0 Å². The second-order valence-corrected chi connectivity index (χ2v) is 2.59. The van der Waals surface area contributed by atoms with Gasteiger partial charge in [0.25, 0.3) is 5.91 Å². The number of nitrogens with one attached hydrogen (secondary N) is 2. The van der Waals surface area contributed by atoms with Crippen molar-refractivity contribution in [1.29, 1.82) is 0 Å². The molecule has 0 bridgehead atoms. The van der Waals surface area contributed by atoms with Crippen LogP contribution < -0.4 is 10.9 Å². The summed E-state index contributed by atoms with van der Waals surface area (Å²) >= 11 is 5.51. The molecular weight excluding hydrogens is 196 g/mol. The van der Waals surface area contributed by atoms with Crippen LogP contribution in [0.4, 0.5) is 0 Å². The monoisotopic (exact) mass is 202 g/mol. The van der Waals surface area contributed by atoms with Crippen LogP contribution in [0.2, 0.25) is 5.22 Å². The maximum absolute atomic E-state index is 11.2. The predicted molar refractivity (Wildman–Crippen MR) is 45.0 cm³/mol. The Bertz CT molecular complexity index is 334. The van der Waals surface area contributed by atoms with E-state index in [9.17, 15) is 9.59 Å². The van der Waals surface area contributed by atoms with Gasteiger partial charge in [0, 0.05) is 6.92 Å². The van der Waals surface area contributed by atoms with Crippen molar-refractivity contribution in [3.63, 3.8) is 0 Å². The van der Waals surface area contributed by atoms with Crippen molar-refractivity contribution in [2.24, 2.45) is 0 Å². The standard InChI is InChI=1S/C7H7ClN2O3/c1-4(11)9-10-7(12)5-2-3-13-6(5)8/h2-3H,1H3,(H,9,11)(H,10,12). The molecule has 0 spiro atoms. The molecule has 1 aromatic heterocycles. The van der Waals surface area contributed by atoms with E-state index in [2.05, 4.69) is 15.3 Å². The van der Waals surface area contributed by atoms with Gasteiger partial charge in [0.05, 0.1) is 11.8 Å². The molecule has 5 nitrogen and oxygen atoms in total. The number of hydrogen-bond donors (Lipinski definition) is 2. The Labute approximate surface area is 79.0 Å². The van der Waals surface area contributed by atoms with Crippen LogP contribution in [0, 0.1) is 0 Å². The largest absolute Gasteiger partial charge is 0.452 e. The molecule has 0 saturated carbocycles. The predicted octanol–water partition coefficient (Wildman–Crippen LogP) is 0.714. The van der Waals surface area contributed by atoms with Crippen molar-refractivity contribution in [2.75, 3.05) is 0 Å². The highest BCUT2D eigenvalue weighted by atomic mass is 35.5. The molecule has 70 valence electrons. The lowest BCUT2D eigenvalue weighted by molar-refractivity contribution is -0.119. The Morgan fingerprint density at radius 1 is 1.46 bits per heavy atom. The molecule has 6 heteroatoms. The van der Waals surface area contributed by atoms with E-state index in [0.29, 0.717) is 0 Å². The fraction of sp³-hybridized carbons (Fsp3) is 0.143. The van der Waals surface area contributed by atoms with Gasteiger partial charge in [-0.2, -0.15) is 0 Å². The minimum Gasteiger partial charge on any atom is -0.452 e. The third-order valence-electron chi connectivity index (χ3n) is 1.21. The number of rotatable bonds is 1. The highest BCUT2D eigenvalue weighted by molar-refractivity contribution is 6.32. The van der Waals surface area contributed by atoms with Crippen molar-refractivity contribution in [1.82, 2.24) is 10.9 Å². The molecule has 2 N–H and O–H groups in total. The van der Waals surface area contributed by atoms with E-state index >= 15 is 0 Å². The SMILES string of the molecule is CC(=O)NNC(=O)c1ccoc1Cl. The molecule has 0 aromatic carbocycles. The van der Waals surface area contributed by atoms with Crippen LogP contribution in [0.15, 0.2) is 16.7 Å². The average molecular weight is 203 g/mol. The van der Waals surface area contributed by atoms with E-state index in [0.717, 1.165) is 0 Å². The highest BCUT2D eigenvalue weighted by Crippen LogP contribution is 2.15. The van der Waals surface area contributed by atoms with E-state index in [1.165, 1.54) is 19.3 Å². The Hall–Kier alpha value is -1.49. The molecule has 1 aromatic rings. The van der Waals surface area contributed by atoms with Crippen LogP contribution in [-0.2, 0) is 4.79 Å². The summed E-state index contributed by atoms with van der Waals surface area (Å²) in [5.41, 5.74) is 4.44. The lowest BCUT2D eigenvalue weighted by Gasteiger charge is -2.02. The number of carbonyl (C=O) groups excluding carboxylic acids is 2. The van der Waals surface area contributed by atoms with Crippen LogP contribution in [0.5, 0.6) is 0 Å². The van der Waals surface area contributed by atoms with Crippen molar-refractivity contribution in [3.05, 3.63) is 23.1 Å². The first-order valence-corrected chi connectivity index (χ1v) is 3.79. The number of hydrogen-bond acceptors (Lipinski definition) is 3. The topological polar surface area (TPSA) is 71.3 Å². The van der Waals surface area contributed by atoms with Gasteiger partial charge in [0.15, 0.2) is 0 Å². The minimum atomic E-state index is -0.519. The number of halogens is 1. The Balaban J connectivity index is 2.59. The molecule has 13 heavy (non-hydrogen) atoms. The number of hydrazine groups is 1. The van der Waals surface area contributed by atoms with Gasteiger partial charge in [0.1, 0.15) is 0 Å². The van der Waals surface area contributed by atoms with Gasteiger partial charge in [-0.25, -0.2) is 0 Å². The summed E-state index contributed by atoms with van der Waals surface area (Å²) < 4.78 is 4.68. The highest BCUT2D eigenvalue weighted by Gasteiger charge is 2.12. The van der Waals surface area contributed by atoms with Crippen LogP contribution >= 0.6 is 11.6 Å². The smallest absolute Gasteiger partial charge is 0.274 e. The maximum atomic E-state index is 11.2. The average Bonchev–Trinajstić information content (AvgIpc) is 2.47. The molecule has 1 heterocycles. The summed E-state index contributed by atoms with van der Waals surface area (Å²) in [5.74, 6) is -0.887. The first-order valence-electron chi connectivity index (χ1n) is 3.41. The maximum Gasteiger partial charge on any atom is 0.274 e. The van der Waals surface area contributed by atoms with Crippen molar-refractivity contribution < 1.29 is 14.0 Å². The van der Waals surface area contributed by atoms with Crippen LogP contribution in [0.1, 0.15) is 17.3 Å². The van der Waals surface area contributed by atoms with E-state index in [1.807, 2.05) is 0 Å². The third-order valence-corrected chi connectivity index (χ3v) is 1.51. The zero-order valence-corrected chi connectivity index (χ0v) is 7.51. The van der Waals surface area contributed by atoms with Gasteiger partial charge >= 0.3 is 0 Å². The fourth-order valence-electron chi connectivity index (χ4n) is 0.668. The Morgan fingerprint density at radius 2 is 2.15 bits per heavy atom. The van der Waals surface area contributed by atoms with Crippen molar-refractivity contribution in [3.8, 4) is 0 Å². The van der Waals surface area contributed by atoms with Gasteiger partial charge < -0.3 is 4.42 Å². The summed E-state index contributed by atoms with van der Waals surface area (Å²) in [4.78, 5) is 21.6. The van der Waals surface area contributed by atoms with Gasteiger partial charge in [-0.3, -0.25) is 20.4 Å². The molecule has 0 aliphatic rings. The molecule has 0 fully saturated rings. The number of amides is 2. The quantitative estimate of drug-likeness (QED) is 0.659. The molecule has 1 rings (SSSR count). The zero-order valence-electron chi connectivity index (χ0n) is 6.76. The number of furan rings is 1. The first-order chi connectivity index (χ1) is 6.11. The normalized spacial score (nSPS) is 9.38. The van der Waals surface area contributed by atoms with E-state index < -0.39 is 5.91 Å². The summed E-state index contributed by atoms with van der Waals surface area (Å²) in [6.45, 7) is 1.28. The van der Waals surface area contributed by atoms with E-state index in [1.54, 1.807) is 0 Å². The van der Waals surface area contributed by atoms with Crippen molar-refractivity contribution in [2.45, 2.75) is 6.92 Å². The molecule has 0 aliphatic carbocycles. The molecular formula is C7H7ClN2O3. The van der Waals surface area contributed by atoms with Crippen LogP contribution in [0.3, 0.4) is 0 Å². The molecule has 0 aliphatic heterocycles. The molecule has 0 atom stereocenters. The second-order valence-electron chi connectivity index (χ2n) is 2.24. The Morgan fingerprint density at radius 3 is 2.62 bits per heavy atom. The fourth-order valence-corrected chi connectivity index (χ4v) is 0.868.